The lowest BCUT2D eigenvalue weighted by Gasteiger charge is -2.12. The zero-order chi connectivity index (χ0) is 18.7. The van der Waals surface area contributed by atoms with Crippen LogP contribution in [-0.2, 0) is 17.8 Å². The van der Waals surface area contributed by atoms with Crippen LogP contribution in [0.3, 0.4) is 0 Å². The summed E-state index contributed by atoms with van der Waals surface area (Å²) in [6.45, 7) is 6.76. The van der Waals surface area contributed by atoms with Crippen LogP contribution in [0.2, 0.25) is 0 Å². The predicted molar refractivity (Wildman–Crippen MR) is 101 cm³/mol. The standard InChI is InChI=1S/C21H24FN3O/c1-13(2)25-21-20-12-23-18(9-16(20)11-24-21)10-19(26)8-14(3)15-4-6-17(22)7-5-15/h4-7,9,12-14H,8,10-11H2,1-3H3,(H,24,25)/t14-/m0/s1. The summed E-state index contributed by atoms with van der Waals surface area (Å²) in [5.41, 5.74) is 3.88. The summed E-state index contributed by atoms with van der Waals surface area (Å²) in [6, 6.07) is 8.63. The minimum Gasteiger partial charge on any atom is -0.368 e. The van der Waals surface area contributed by atoms with E-state index < -0.39 is 0 Å². The molecule has 0 saturated carbocycles. The number of benzene rings is 1. The molecule has 1 aromatic carbocycles. The summed E-state index contributed by atoms with van der Waals surface area (Å²) in [5.74, 6) is 0.810. The van der Waals surface area contributed by atoms with Crippen LogP contribution in [0, 0.1) is 5.82 Å². The van der Waals surface area contributed by atoms with Gasteiger partial charge in [0.1, 0.15) is 17.4 Å². The van der Waals surface area contributed by atoms with Gasteiger partial charge in [0.2, 0.25) is 0 Å². The van der Waals surface area contributed by atoms with Crippen molar-refractivity contribution in [2.45, 2.75) is 52.1 Å². The molecule has 0 bridgehead atoms. The minimum atomic E-state index is -0.261. The van der Waals surface area contributed by atoms with Crippen molar-refractivity contribution in [1.29, 1.82) is 0 Å². The molecule has 1 aliphatic heterocycles. The summed E-state index contributed by atoms with van der Waals surface area (Å²) in [4.78, 5) is 21.4. The first-order chi connectivity index (χ1) is 12.4. The smallest absolute Gasteiger partial charge is 0.139 e. The Bertz CT molecular complexity index is 828. The van der Waals surface area contributed by atoms with E-state index >= 15 is 0 Å². The summed E-state index contributed by atoms with van der Waals surface area (Å²) < 4.78 is 13.0. The molecule has 3 rings (SSSR count). The molecule has 0 radical (unpaired) electrons. The third-order valence-corrected chi connectivity index (χ3v) is 4.49. The number of hydrogen-bond donors (Lipinski definition) is 1. The molecule has 26 heavy (non-hydrogen) atoms. The van der Waals surface area contributed by atoms with E-state index in [1.54, 1.807) is 12.1 Å². The summed E-state index contributed by atoms with van der Waals surface area (Å²) in [5, 5.41) is 3.32. The number of carbonyl (C=O) groups is 1. The Morgan fingerprint density at radius 3 is 2.65 bits per heavy atom. The maximum Gasteiger partial charge on any atom is 0.139 e. The van der Waals surface area contributed by atoms with Gasteiger partial charge >= 0.3 is 0 Å². The lowest BCUT2D eigenvalue weighted by molar-refractivity contribution is -0.118. The molecule has 1 atom stereocenters. The molecule has 4 nitrogen and oxygen atoms in total. The minimum absolute atomic E-state index is 0.0581. The molecule has 0 unspecified atom stereocenters. The SMILES string of the molecule is CC(C)NC1=NCc2cc(CC(=O)C[C@H](C)c3ccc(F)cc3)ncc21. The number of fused-ring (bicyclic) bond motifs is 1. The number of ketones is 1. The van der Waals surface area contributed by atoms with Crippen molar-refractivity contribution in [3.8, 4) is 0 Å². The monoisotopic (exact) mass is 353 g/mol. The number of amidine groups is 1. The lowest BCUT2D eigenvalue weighted by atomic mass is 9.94. The predicted octanol–water partition coefficient (Wildman–Crippen LogP) is 3.78. The van der Waals surface area contributed by atoms with Gasteiger partial charge in [-0.25, -0.2) is 4.39 Å². The second-order valence-electron chi connectivity index (χ2n) is 7.17. The fourth-order valence-corrected chi connectivity index (χ4v) is 3.16. The maximum atomic E-state index is 13.0. The van der Waals surface area contributed by atoms with Crippen molar-refractivity contribution in [1.82, 2.24) is 10.3 Å². The van der Waals surface area contributed by atoms with Gasteiger partial charge in [-0.05, 0) is 49.1 Å². The quantitative estimate of drug-likeness (QED) is 0.860. The van der Waals surface area contributed by atoms with E-state index in [1.807, 2.05) is 19.2 Å². The Morgan fingerprint density at radius 1 is 1.23 bits per heavy atom. The van der Waals surface area contributed by atoms with Crippen LogP contribution in [0.15, 0.2) is 41.5 Å². The van der Waals surface area contributed by atoms with Crippen molar-refractivity contribution < 1.29 is 9.18 Å². The first-order valence-corrected chi connectivity index (χ1v) is 8.98. The van der Waals surface area contributed by atoms with Gasteiger partial charge in [0.05, 0.1) is 6.54 Å². The summed E-state index contributed by atoms with van der Waals surface area (Å²) in [6.07, 6.45) is 2.54. The van der Waals surface area contributed by atoms with Crippen molar-refractivity contribution >= 4 is 11.6 Å². The molecule has 0 spiro atoms. The van der Waals surface area contributed by atoms with Crippen LogP contribution in [0.1, 0.15) is 55.5 Å². The normalized spacial score (nSPS) is 14.1. The molecular weight excluding hydrogens is 329 g/mol. The highest BCUT2D eigenvalue weighted by atomic mass is 19.1. The second kappa shape index (κ2) is 7.77. The van der Waals surface area contributed by atoms with Crippen molar-refractivity contribution in [2.24, 2.45) is 4.99 Å². The van der Waals surface area contributed by atoms with Crippen LogP contribution in [0.4, 0.5) is 4.39 Å². The van der Waals surface area contributed by atoms with Gasteiger partial charge in [0.25, 0.3) is 0 Å². The fraction of sp³-hybridized carbons (Fsp3) is 0.381. The Morgan fingerprint density at radius 2 is 1.96 bits per heavy atom. The molecule has 1 aromatic heterocycles. The van der Waals surface area contributed by atoms with E-state index in [1.165, 1.54) is 12.1 Å². The Labute approximate surface area is 153 Å². The number of pyridine rings is 1. The highest BCUT2D eigenvalue weighted by Gasteiger charge is 2.19. The highest BCUT2D eigenvalue weighted by molar-refractivity contribution is 6.01. The van der Waals surface area contributed by atoms with Gasteiger partial charge in [-0.2, -0.15) is 0 Å². The largest absolute Gasteiger partial charge is 0.368 e. The van der Waals surface area contributed by atoms with E-state index in [2.05, 4.69) is 29.1 Å². The first-order valence-electron chi connectivity index (χ1n) is 8.98. The number of carbonyl (C=O) groups excluding carboxylic acids is 1. The molecule has 2 aromatic rings. The number of halogens is 1. The van der Waals surface area contributed by atoms with E-state index in [9.17, 15) is 9.18 Å². The molecule has 2 heterocycles. The van der Waals surface area contributed by atoms with Gasteiger partial charge in [-0.1, -0.05) is 19.1 Å². The van der Waals surface area contributed by atoms with Crippen molar-refractivity contribution in [3.63, 3.8) is 0 Å². The van der Waals surface area contributed by atoms with Gasteiger partial charge in [0.15, 0.2) is 0 Å². The highest BCUT2D eigenvalue weighted by Crippen LogP contribution is 2.22. The molecule has 1 N–H and O–H groups in total. The van der Waals surface area contributed by atoms with Crippen LogP contribution in [0.5, 0.6) is 0 Å². The van der Waals surface area contributed by atoms with Crippen LogP contribution < -0.4 is 5.32 Å². The van der Waals surface area contributed by atoms with Crippen LogP contribution >= 0.6 is 0 Å². The molecule has 5 heteroatoms. The number of Topliss-reactive ketones (excluding diaryl/α,β-unsaturated/α-hetero) is 1. The number of nitrogens with zero attached hydrogens (tertiary/aromatic N) is 2. The second-order valence-corrected chi connectivity index (χ2v) is 7.17. The number of aliphatic imine (C=N–C) groups is 1. The third-order valence-electron chi connectivity index (χ3n) is 4.49. The number of nitrogens with one attached hydrogen (secondary N) is 1. The van der Waals surface area contributed by atoms with E-state index in [0.29, 0.717) is 25.4 Å². The van der Waals surface area contributed by atoms with Crippen molar-refractivity contribution in [2.75, 3.05) is 0 Å². The molecule has 0 aliphatic carbocycles. The number of aromatic nitrogens is 1. The van der Waals surface area contributed by atoms with Crippen LogP contribution in [-0.4, -0.2) is 22.6 Å². The third kappa shape index (κ3) is 4.34. The van der Waals surface area contributed by atoms with Gasteiger partial charge in [0, 0.05) is 36.3 Å². The van der Waals surface area contributed by atoms with E-state index in [0.717, 1.165) is 28.2 Å². The molecule has 136 valence electrons. The Balaban J connectivity index is 1.61. The summed E-state index contributed by atoms with van der Waals surface area (Å²) in [7, 11) is 0. The summed E-state index contributed by atoms with van der Waals surface area (Å²) >= 11 is 0. The zero-order valence-corrected chi connectivity index (χ0v) is 15.4. The molecule has 1 aliphatic rings. The molecule has 0 fully saturated rings. The average Bonchev–Trinajstić information content (AvgIpc) is 2.96. The molecule has 0 saturated heterocycles. The molecular formula is C21H24FN3O. The fourth-order valence-electron chi connectivity index (χ4n) is 3.16. The average molecular weight is 353 g/mol. The maximum absolute atomic E-state index is 13.0. The number of hydrogen-bond acceptors (Lipinski definition) is 4. The van der Waals surface area contributed by atoms with Gasteiger partial charge in [-0.3, -0.25) is 14.8 Å². The zero-order valence-electron chi connectivity index (χ0n) is 15.4. The van der Waals surface area contributed by atoms with Gasteiger partial charge < -0.3 is 5.32 Å². The van der Waals surface area contributed by atoms with E-state index in [-0.39, 0.29) is 17.5 Å². The first kappa shape index (κ1) is 18.2. The Hall–Kier alpha value is -2.56. The van der Waals surface area contributed by atoms with Crippen LogP contribution in [0.25, 0.3) is 0 Å². The van der Waals surface area contributed by atoms with Gasteiger partial charge in [-0.15, -0.1) is 0 Å². The van der Waals surface area contributed by atoms with Crippen molar-refractivity contribution in [3.05, 3.63) is 64.7 Å². The van der Waals surface area contributed by atoms with E-state index in [4.69, 9.17) is 0 Å². The Kier molecular flexibility index (Phi) is 5.45. The molecule has 0 amide bonds. The lowest BCUT2D eigenvalue weighted by Crippen LogP contribution is -2.30. The topological polar surface area (TPSA) is 54.4 Å². The number of rotatable bonds is 6.